The molecule has 0 fully saturated rings. The van der Waals surface area contributed by atoms with Crippen LogP contribution in [-0.2, 0) is 13.2 Å². The number of aromatic nitrogens is 2. The molecule has 1 heterocycles. The molecule has 0 bridgehead atoms. The van der Waals surface area contributed by atoms with E-state index in [0.29, 0.717) is 21.4 Å². The highest BCUT2D eigenvalue weighted by molar-refractivity contribution is 7.99. The Balaban J connectivity index is 2.03. The van der Waals surface area contributed by atoms with E-state index in [1.165, 1.54) is 11.8 Å². The number of carbonyl (C=O) groups is 1. The van der Waals surface area contributed by atoms with Crippen LogP contribution in [0.2, 0.25) is 10.0 Å². The first-order valence-electron chi connectivity index (χ1n) is 8.81. The van der Waals surface area contributed by atoms with Gasteiger partial charge in [0.1, 0.15) is 17.5 Å². The molecule has 3 aromatic rings. The van der Waals surface area contributed by atoms with Crippen LogP contribution in [0, 0.1) is 0 Å². The predicted molar refractivity (Wildman–Crippen MR) is 114 cm³/mol. The lowest BCUT2D eigenvalue weighted by molar-refractivity contribution is 0.0966. The van der Waals surface area contributed by atoms with E-state index in [4.69, 9.17) is 23.2 Å². The Morgan fingerprint density at radius 3 is 2.36 bits per heavy atom. The van der Waals surface area contributed by atoms with Gasteiger partial charge in [-0.3, -0.25) is 4.79 Å². The van der Waals surface area contributed by atoms with Gasteiger partial charge in [-0.15, -0.1) is 0 Å². The van der Waals surface area contributed by atoms with Gasteiger partial charge in [0.15, 0.2) is 5.78 Å². The highest BCUT2D eigenvalue weighted by atomic mass is 35.5. The summed E-state index contributed by atoms with van der Waals surface area (Å²) in [4.78, 5) is 18.2. The maximum atomic E-state index is 12.8. The predicted octanol–water partition coefficient (Wildman–Crippen LogP) is 5.84. The number of carbonyl (C=O) groups excluding carboxylic acids is 1. The van der Waals surface area contributed by atoms with Gasteiger partial charge in [0.25, 0.3) is 0 Å². The molecule has 4 nitrogen and oxygen atoms in total. The fourth-order valence-corrected chi connectivity index (χ4v) is 4.74. The Bertz CT molecular complexity index is 967. The average Bonchev–Trinajstić information content (AvgIpc) is 2.99. The molecule has 3 rings (SSSR count). The second-order valence-corrected chi connectivity index (χ2v) is 8.55. The number of aliphatic hydroxyl groups is 1. The van der Waals surface area contributed by atoms with Crippen LogP contribution in [0.15, 0.2) is 58.5 Å². The molecule has 0 spiro atoms. The molecule has 0 radical (unpaired) electrons. The van der Waals surface area contributed by atoms with Gasteiger partial charge in [-0.2, -0.15) is 0 Å². The van der Waals surface area contributed by atoms with E-state index >= 15 is 0 Å². The van der Waals surface area contributed by atoms with Crippen LogP contribution in [0.4, 0.5) is 0 Å². The van der Waals surface area contributed by atoms with Crippen LogP contribution >= 0.6 is 35.0 Å². The molecule has 28 heavy (non-hydrogen) atoms. The first kappa shape index (κ1) is 20.9. The lowest BCUT2D eigenvalue weighted by atomic mass is 10.1. The molecule has 0 amide bonds. The van der Waals surface area contributed by atoms with Crippen LogP contribution in [-0.4, -0.2) is 20.4 Å². The number of rotatable bonds is 7. The number of hydrogen-bond donors (Lipinski definition) is 1. The highest BCUT2D eigenvalue weighted by Crippen LogP contribution is 2.37. The van der Waals surface area contributed by atoms with E-state index in [1.54, 1.807) is 22.8 Å². The van der Waals surface area contributed by atoms with Gasteiger partial charge in [0, 0.05) is 20.5 Å². The minimum absolute atomic E-state index is 0.0472. The third-order valence-corrected chi connectivity index (χ3v) is 5.69. The Kier molecular flexibility index (Phi) is 6.83. The number of Topliss-reactive ketones (excluding diaryl/α,β-unsaturated/α-hetero) is 1. The van der Waals surface area contributed by atoms with Gasteiger partial charge in [-0.1, -0.05) is 79.1 Å². The van der Waals surface area contributed by atoms with Crippen LogP contribution < -0.4 is 0 Å². The number of benzene rings is 2. The molecule has 0 saturated heterocycles. The zero-order valence-corrected chi connectivity index (χ0v) is 17.9. The molecule has 0 saturated carbocycles. The molecular weight excluding hydrogens is 415 g/mol. The zero-order valence-electron chi connectivity index (χ0n) is 15.5. The molecule has 1 aromatic heterocycles. The topological polar surface area (TPSA) is 55.1 Å². The van der Waals surface area contributed by atoms with E-state index in [9.17, 15) is 9.90 Å². The third-order valence-electron chi connectivity index (χ3n) is 4.16. The van der Waals surface area contributed by atoms with Crippen LogP contribution in [0.3, 0.4) is 0 Å². The van der Waals surface area contributed by atoms with Crippen molar-refractivity contribution < 1.29 is 9.90 Å². The molecule has 0 unspecified atom stereocenters. The van der Waals surface area contributed by atoms with Crippen molar-refractivity contribution in [3.8, 4) is 0 Å². The Labute approximate surface area is 178 Å². The number of hydrogen-bond acceptors (Lipinski definition) is 4. The summed E-state index contributed by atoms with van der Waals surface area (Å²) in [7, 11) is 0. The van der Waals surface area contributed by atoms with E-state index in [2.05, 4.69) is 4.98 Å². The van der Waals surface area contributed by atoms with Gasteiger partial charge in [-0.05, 0) is 24.1 Å². The van der Waals surface area contributed by atoms with E-state index in [0.717, 1.165) is 15.6 Å². The lowest BCUT2D eigenvalue weighted by Gasteiger charge is -2.13. The third kappa shape index (κ3) is 4.78. The van der Waals surface area contributed by atoms with Crippen molar-refractivity contribution >= 4 is 40.7 Å². The van der Waals surface area contributed by atoms with E-state index < -0.39 is 0 Å². The molecule has 0 aliphatic carbocycles. The first-order valence-corrected chi connectivity index (χ1v) is 10.4. The molecular formula is C21H20Cl2N2O2S. The Hall–Kier alpha value is -1.79. The van der Waals surface area contributed by atoms with Crippen LogP contribution in [0.5, 0.6) is 0 Å². The Morgan fingerprint density at radius 2 is 1.79 bits per heavy atom. The molecule has 2 aromatic carbocycles. The average molecular weight is 435 g/mol. The minimum atomic E-state index is -0.251. The number of ketones is 1. The first-order chi connectivity index (χ1) is 13.4. The summed E-state index contributed by atoms with van der Waals surface area (Å²) in [6.07, 6.45) is 0. The fraction of sp³-hybridized carbons (Fsp3) is 0.238. The second kappa shape index (κ2) is 9.14. The van der Waals surface area contributed by atoms with Crippen molar-refractivity contribution in [2.45, 2.75) is 42.8 Å². The van der Waals surface area contributed by atoms with E-state index in [1.807, 2.05) is 44.2 Å². The fourth-order valence-electron chi connectivity index (χ4n) is 2.83. The number of imidazole rings is 1. The number of halogens is 2. The normalized spacial score (nSPS) is 11.2. The van der Waals surface area contributed by atoms with E-state index in [-0.39, 0.29) is 24.9 Å². The quantitative estimate of drug-likeness (QED) is 0.474. The molecule has 0 aliphatic heterocycles. The smallest absolute Gasteiger partial charge is 0.182 e. The highest BCUT2D eigenvalue weighted by Gasteiger charge is 2.22. The SMILES string of the molecule is CC(C)c1nc(CO)n(CC(=O)c2ccccc2)c1Sc1cc(Cl)cc(Cl)c1. The summed E-state index contributed by atoms with van der Waals surface area (Å²) >= 11 is 13.7. The molecule has 0 aliphatic rings. The summed E-state index contributed by atoms with van der Waals surface area (Å²) in [6.45, 7) is 3.90. The van der Waals surface area contributed by atoms with Gasteiger partial charge in [-0.25, -0.2) is 4.98 Å². The summed E-state index contributed by atoms with van der Waals surface area (Å²) in [5.74, 6) is 0.535. The summed E-state index contributed by atoms with van der Waals surface area (Å²) in [6, 6.07) is 14.4. The maximum absolute atomic E-state index is 12.8. The van der Waals surface area contributed by atoms with Gasteiger partial charge in [0.05, 0.1) is 12.2 Å². The van der Waals surface area contributed by atoms with Crippen LogP contribution in [0.1, 0.15) is 41.6 Å². The molecule has 0 atom stereocenters. The zero-order chi connectivity index (χ0) is 20.3. The molecule has 146 valence electrons. The molecule has 7 heteroatoms. The summed E-state index contributed by atoms with van der Waals surface area (Å²) in [5, 5.41) is 11.7. The van der Waals surface area contributed by atoms with Crippen molar-refractivity contribution in [2.75, 3.05) is 0 Å². The monoisotopic (exact) mass is 434 g/mol. The number of nitrogens with zero attached hydrogens (tertiary/aromatic N) is 2. The minimum Gasteiger partial charge on any atom is -0.388 e. The second-order valence-electron chi connectivity index (χ2n) is 6.61. The summed E-state index contributed by atoms with van der Waals surface area (Å²) in [5.41, 5.74) is 1.44. The van der Waals surface area contributed by atoms with Crippen molar-refractivity contribution in [3.63, 3.8) is 0 Å². The standard InChI is InChI=1S/C21H20Cl2N2O2S/c1-13(2)20-21(28-17-9-15(22)8-16(23)10-17)25(19(12-26)24-20)11-18(27)14-6-4-3-5-7-14/h3-10,13,26H,11-12H2,1-2H3. The van der Waals surface area contributed by atoms with Crippen molar-refractivity contribution in [1.29, 1.82) is 0 Å². The lowest BCUT2D eigenvalue weighted by Crippen LogP contribution is -2.14. The van der Waals surface area contributed by atoms with Crippen molar-refractivity contribution in [2.24, 2.45) is 0 Å². The van der Waals surface area contributed by atoms with Crippen molar-refractivity contribution in [3.05, 3.63) is 75.7 Å². The summed E-state index contributed by atoms with van der Waals surface area (Å²) < 4.78 is 1.78. The van der Waals surface area contributed by atoms with Crippen molar-refractivity contribution in [1.82, 2.24) is 9.55 Å². The largest absolute Gasteiger partial charge is 0.388 e. The Morgan fingerprint density at radius 1 is 1.14 bits per heavy atom. The molecule has 1 N–H and O–H groups in total. The maximum Gasteiger partial charge on any atom is 0.182 e. The number of aliphatic hydroxyl groups excluding tert-OH is 1. The van der Waals surface area contributed by atoms with Gasteiger partial charge < -0.3 is 9.67 Å². The van der Waals surface area contributed by atoms with Crippen LogP contribution in [0.25, 0.3) is 0 Å². The van der Waals surface area contributed by atoms with Gasteiger partial charge in [0.2, 0.25) is 0 Å². The van der Waals surface area contributed by atoms with Gasteiger partial charge >= 0.3 is 0 Å².